The number of esters is 1. The Kier molecular flexibility index (Phi) is 7.66. The number of ether oxygens (including phenoxy) is 2. The van der Waals surface area contributed by atoms with Crippen LogP contribution in [0.5, 0.6) is 11.5 Å². The van der Waals surface area contributed by atoms with Gasteiger partial charge in [-0.05, 0) is 64.8 Å². The Morgan fingerprint density at radius 2 is 1.81 bits per heavy atom. The lowest BCUT2D eigenvalue weighted by Gasteiger charge is -2.10. The zero-order chi connectivity index (χ0) is 18.9. The number of nitrogens with one attached hydrogen (secondary N) is 1. The van der Waals surface area contributed by atoms with E-state index in [4.69, 9.17) is 9.47 Å². The highest BCUT2D eigenvalue weighted by Gasteiger charge is 2.12. The third-order valence-electron chi connectivity index (χ3n) is 3.59. The quantitative estimate of drug-likeness (QED) is 0.362. The maximum absolute atomic E-state index is 12.3. The van der Waals surface area contributed by atoms with Crippen molar-refractivity contribution in [3.8, 4) is 11.5 Å². The summed E-state index contributed by atoms with van der Waals surface area (Å²) >= 11 is 3.42. The second-order valence-electron chi connectivity index (χ2n) is 5.66. The molecule has 0 saturated heterocycles. The topological polar surface area (TPSA) is 64.6 Å². The van der Waals surface area contributed by atoms with Crippen molar-refractivity contribution < 1.29 is 19.1 Å². The van der Waals surface area contributed by atoms with Crippen LogP contribution >= 0.6 is 15.9 Å². The van der Waals surface area contributed by atoms with Gasteiger partial charge in [0.15, 0.2) is 0 Å². The molecule has 0 aliphatic heterocycles. The Labute approximate surface area is 161 Å². The molecule has 0 unspecified atom stereocenters. The molecule has 0 spiro atoms. The summed E-state index contributed by atoms with van der Waals surface area (Å²) in [7, 11) is 0. The summed E-state index contributed by atoms with van der Waals surface area (Å²) < 4.78 is 11.7. The molecule has 6 heteroatoms. The predicted octanol–water partition coefficient (Wildman–Crippen LogP) is 5.20. The van der Waals surface area contributed by atoms with Crippen LogP contribution in [0.15, 0.2) is 46.9 Å². The van der Waals surface area contributed by atoms with Gasteiger partial charge in [0, 0.05) is 12.1 Å². The van der Waals surface area contributed by atoms with Gasteiger partial charge < -0.3 is 14.8 Å². The lowest BCUT2D eigenvalue weighted by molar-refractivity contribution is -0.115. The monoisotopic (exact) mass is 419 g/mol. The Morgan fingerprint density at radius 1 is 1.08 bits per heavy atom. The number of halogens is 1. The number of hydrogen-bond acceptors (Lipinski definition) is 4. The minimum atomic E-state index is -0.462. The van der Waals surface area contributed by atoms with Gasteiger partial charge in [-0.25, -0.2) is 4.79 Å². The molecule has 26 heavy (non-hydrogen) atoms. The van der Waals surface area contributed by atoms with E-state index in [2.05, 4.69) is 28.2 Å². The number of unbranched alkanes of at least 4 members (excludes halogenated alkanes) is 1. The summed E-state index contributed by atoms with van der Waals surface area (Å²) in [4.78, 5) is 23.7. The molecule has 2 rings (SSSR count). The van der Waals surface area contributed by atoms with Crippen molar-refractivity contribution >= 4 is 33.5 Å². The van der Waals surface area contributed by atoms with Crippen molar-refractivity contribution in [2.45, 2.75) is 33.1 Å². The molecule has 0 atom stereocenters. The van der Waals surface area contributed by atoms with Crippen LogP contribution in [0.2, 0.25) is 0 Å². The molecule has 0 bridgehead atoms. The number of amides is 1. The minimum absolute atomic E-state index is 0.0687. The van der Waals surface area contributed by atoms with Gasteiger partial charge in [-0.3, -0.25) is 4.79 Å². The number of rotatable bonds is 8. The van der Waals surface area contributed by atoms with E-state index in [1.165, 1.54) is 0 Å². The molecule has 2 aromatic rings. The fourth-order valence-corrected chi connectivity index (χ4v) is 2.59. The van der Waals surface area contributed by atoms with Crippen LogP contribution in [-0.4, -0.2) is 18.5 Å². The first-order chi connectivity index (χ1) is 12.5. The van der Waals surface area contributed by atoms with Crippen molar-refractivity contribution in [3.05, 3.63) is 52.5 Å². The molecule has 0 fully saturated rings. The molecular weight excluding hydrogens is 398 g/mol. The van der Waals surface area contributed by atoms with Crippen molar-refractivity contribution in [2.75, 3.05) is 11.9 Å². The highest BCUT2D eigenvalue weighted by molar-refractivity contribution is 9.10. The zero-order valence-electron chi connectivity index (χ0n) is 14.9. The van der Waals surface area contributed by atoms with E-state index in [-0.39, 0.29) is 5.91 Å². The molecule has 0 heterocycles. The van der Waals surface area contributed by atoms with Gasteiger partial charge in [0.1, 0.15) is 11.5 Å². The number of carbonyl (C=O) groups excluding carboxylic acids is 2. The standard InChI is InChI=1S/C20H22BrNO4/c1-3-5-12-25-18-11-6-14(13-17(18)21)20(24)26-16-9-7-15(8-10-16)22-19(23)4-2/h6-11,13H,3-5,12H2,1-2H3,(H,22,23). The number of carbonyl (C=O) groups is 2. The molecule has 1 N–H and O–H groups in total. The second kappa shape index (κ2) is 9.97. The second-order valence-corrected chi connectivity index (χ2v) is 6.52. The van der Waals surface area contributed by atoms with Gasteiger partial charge in [-0.15, -0.1) is 0 Å². The largest absolute Gasteiger partial charge is 0.492 e. The summed E-state index contributed by atoms with van der Waals surface area (Å²) in [6.07, 6.45) is 2.44. The van der Waals surface area contributed by atoms with Gasteiger partial charge >= 0.3 is 5.97 Å². The molecule has 2 aromatic carbocycles. The van der Waals surface area contributed by atoms with Crippen molar-refractivity contribution in [1.82, 2.24) is 0 Å². The summed E-state index contributed by atoms with van der Waals surface area (Å²) in [6, 6.07) is 11.8. The van der Waals surface area contributed by atoms with Crippen LogP contribution in [0.4, 0.5) is 5.69 Å². The summed E-state index contributed by atoms with van der Waals surface area (Å²) in [5.41, 5.74) is 1.08. The predicted molar refractivity (Wildman–Crippen MR) is 105 cm³/mol. The summed E-state index contributed by atoms with van der Waals surface area (Å²) in [5.74, 6) is 0.576. The fraction of sp³-hybridized carbons (Fsp3) is 0.300. The van der Waals surface area contributed by atoms with E-state index < -0.39 is 5.97 Å². The zero-order valence-corrected chi connectivity index (χ0v) is 16.5. The average Bonchev–Trinajstić information content (AvgIpc) is 2.64. The smallest absolute Gasteiger partial charge is 0.343 e. The Hall–Kier alpha value is -2.34. The Bertz CT molecular complexity index is 759. The van der Waals surface area contributed by atoms with E-state index in [1.54, 1.807) is 49.4 Å². The Morgan fingerprint density at radius 3 is 2.42 bits per heavy atom. The third kappa shape index (κ3) is 5.88. The van der Waals surface area contributed by atoms with Crippen LogP contribution in [0, 0.1) is 0 Å². The van der Waals surface area contributed by atoms with Crippen LogP contribution in [0.3, 0.4) is 0 Å². The molecule has 138 valence electrons. The van der Waals surface area contributed by atoms with Crippen molar-refractivity contribution in [1.29, 1.82) is 0 Å². The molecule has 0 aliphatic carbocycles. The normalized spacial score (nSPS) is 10.3. The van der Waals surface area contributed by atoms with E-state index >= 15 is 0 Å². The van der Waals surface area contributed by atoms with Crippen molar-refractivity contribution in [2.24, 2.45) is 0 Å². The lowest BCUT2D eigenvalue weighted by Crippen LogP contribution is -2.10. The molecule has 0 saturated carbocycles. The van der Waals surface area contributed by atoms with E-state index in [0.717, 1.165) is 12.8 Å². The summed E-state index contributed by atoms with van der Waals surface area (Å²) in [5, 5.41) is 2.74. The molecule has 0 radical (unpaired) electrons. The first kappa shape index (κ1) is 20.0. The molecular formula is C20H22BrNO4. The number of hydrogen-bond donors (Lipinski definition) is 1. The van der Waals surface area contributed by atoms with Crippen LogP contribution < -0.4 is 14.8 Å². The first-order valence-corrected chi connectivity index (χ1v) is 9.37. The fourth-order valence-electron chi connectivity index (χ4n) is 2.09. The van der Waals surface area contributed by atoms with Gasteiger partial charge in [0.05, 0.1) is 16.6 Å². The first-order valence-electron chi connectivity index (χ1n) is 8.58. The van der Waals surface area contributed by atoms with Gasteiger partial charge in [-0.1, -0.05) is 20.3 Å². The molecule has 5 nitrogen and oxygen atoms in total. The molecule has 1 amide bonds. The maximum atomic E-state index is 12.3. The molecule has 0 aliphatic rings. The highest BCUT2D eigenvalue weighted by atomic mass is 79.9. The van der Waals surface area contributed by atoms with Crippen LogP contribution in [-0.2, 0) is 4.79 Å². The maximum Gasteiger partial charge on any atom is 0.343 e. The minimum Gasteiger partial charge on any atom is -0.492 e. The highest BCUT2D eigenvalue weighted by Crippen LogP contribution is 2.27. The van der Waals surface area contributed by atoms with E-state index in [1.807, 2.05) is 0 Å². The lowest BCUT2D eigenvalue weighted by atomic mass is 10.2. The van der Waals surface area contributed by atoms with Gasteiger partial charge in [0.2, 0.25) is 5.91 Å². The van der Waals surface area contributed by atoms with E-state index in [9.17, 15) is 9.59 Å². The van der Waals surface area contributed by atoms with Gasteiger partial charge in [-0.2, -0.15) is 0 Å². The van der Waals surface area contributed by atoms with Crippen LogP contribution in [0.1, 0.15) is 43.5 Å². The molecule has 0 aromatic heterocycles. The van der Waals surface area contributed by atoms with Crippen LogP contribution in [0.25, 0.3) is 0 Å². The summed E-state index contributed by atoms with van der Waals surface area (Å²) in [6.45, 7) is 4.52. The number of anilines is 1. The van der Waals surface area contributed by atoms with Gasteiger partial charge in [0.25, 0.3) is 0 Å². The number of benzene rings is 2. The average molecular weight is 420 g/mol. The Balaban J connectivity index is 1.98. The third-order valence-corrected chi connectivity index (χ3v) is 4.21. The SMILES string of the molecule is CCCCOc1ccc(C(=O)Oc2ccc(NC(=O)CC)cc2)cc1Br. The van der Waals surface area contributed by atoms with E-state index in [0.29, 0.717) is 40.3 Å². The van der Waals surface area contributed by atoms with Crippen molar-refractivity contribution in [3.63, 3.8) is 0 Å².